The summed E-state index contributed by atoms with van der Waals surface area (Å²) < 4.78 is 67.5. The molecular weight excluding hydrogens is 522 g/mol. The van der Waals surface area contributed by atoms with Crippen LogP contribution in [0.2, 0.25) is 0 Å². The fourth-order valence-electron chi connectivity index (χ4n) is 4.36. The van der Waals surface area contributed by atoms with Gasteiger partial charge in [0.15, 0.2) is 5.58 Å². The number of ether oxygens (including phenoxy) is 1. The van der Waals surface area contributed by atoms with E-state index in [0.717, 1.165) is 18.2 Å². The van der Waals surface area contributed by atoms with Crippen LogP contribution in [0.5, 0.6) is 5.75 Å². The molecule has 2 amide bonds. The van der Waals surface area contributed by atoms with E-state index < -0.39 is 47.4 Å². The molecule has 0 saturated heterocycles. The maximum absolute atomic E-state index is 14.4. The van der Waals surface area contributed by atoms with E-state index in [1.807, 2.05) is 0 Å². The summed E-state index contributed by atoms with van der Waals surface area (Å²) in [6.07, 6.45) is -4.85. The number of oxazole rings is 1. The van der Waals surface area contributed by atoms with E-state index in [4.69, 9.17) is 20.6 Å². The molecule has 0 bridgehead atoms. The predicted octanol–water partition coefficient (Wildman–Crippen LogP) is 3.82. The number of halogens is 4. The lowest BCUT2D eigenvalue weighted by Gasteiger charge is -2.24. The summed E-state index contributed by atoms with van der Waals surface area (Å²) in [5.74, 6) is -4.34. The van der Waals surface area contributed by atoms with E-state index in [1.54, 1.807) is 0 Å². The number of hydrogen-bond donors (Lipinski definition) is 3. The fraction of sp³-hybridized carbons (Fsp3) is 0.231. The number of pyridine rings is 1. The normalized spacial score (nSPS) is 17.5. The van der Waals surface area contributed by atoms with E-state index >= 15 is 0 Å². The Morgan fingerprint density at radius 1 is 1.13 bits per heavy atom. The number of aromatic nitrogens is 2. The second kappa shape index (κ2) is 9.26. The van der Waals surface area contributed by atoms with Crippen LogP contribution >= 0.6 is 0 Å². The lowest BCUT2D eigenvalue weighted by atomic mass is 9.82. The molecule has 3 heterocycles. The highest BCUT2D eigenvalue weighted by Gasteiger charge is 2.47. The molecule has 2 aromatic carbocycles. The number of primary amides is 1. The Labute approximate surface area is 218 Å². The number of amides is 2. The second-order valence-electron chi connectivity index (χ2n) is 9.30. The Bertz CT molecular complexity index is 1600. The first-order valence-corrected chi connectivity index (χ1v) is 11.6. The standard InChI is InChI=1S/C26H21F4N5O4/c1-25(23(31)37)11-38-21-15(25)9-17(34-20(21)12-2-5-14(27)6-3-12)16(26(28,29)30)10-33-22(36)13-4-7-19-18(8-13)35-24(32)39-19/h2-9,16H,10-11H2,1H3,(H2,31,37)(H2,32,35)(H,33,36)/t16-,25+/m1/s1. The molecule has 202 valence electrons. The molecule has 1 aliphatic heterocycles. The third-order valence-corrected chi connectivity index (χ3v) is 6.64. The van der Waals surface area contributed by atoms with Gasteiger partial charge in [-0.15, -0.1) is 0 Å². The number of alkyl halides is 3. The van der Waals surface area contributed by atoms with E-state index in [1.165, 1.54) is 37.3 Å². The number of anilines is 1. The first-order chi connectivity index (χ1) is 18.4. The Kier molecular flexibility index (Phi) is 6.16. The lowest BCUT2D eigenvalue weighted by Crippen LogP contribution is -2.40. The van der Waals surface area contributed by atoms with Crippen LogP contribution in [0.25, 0.3) is 22.4 Å². The van der Waals surface area contributed by atoms with Gasteiger partial charge in [-0.3, -0.25) is 9.59 Å². The number of nitrogen functional groups attached to an aromatic ring is 1. The number of carbonyl (C=O) groups is 2. The van der Waals surface area contributed by atoms with Crippen molar-refractivity contribution in [2.45, 2.75) is 24.4 Å². The van der Waals surface area contributed by atoms with Crippen LogP contribution in [0.1, 0.15) is 34.5 Å². The van der Waals surface area contributed by atoms with Gasteiger partial charge in [-0.05, 0) is 55.5 Å². The minimum Gasteiger partial charge on any atom is -0.489 e. The molecule has 5 rings (SSSR count). The second-order valence-corrected chi connectivity index (χ2v) is 9.30. The number of nitrogens with one attached hydrogen (secondary N) is 1. The molecule has 0 radical (unpaired) electrons. The summed E-state index contributed by atoms with van der Waals surface area (Å²) in [7, 11) is 0. The van der Waals surface area contributed by atoms with Crippen molar-refractivity contribution < 1.29 is 36.3 Å². The van der Waals surface area contributed by atoms with Gasteiger partial charge in [-0.1, -0.05) is 0 Å². The van der Waals surface area contributed by atoms with Crippen molar-refractivity contribution >= 4 is 28.9 Å². The Morgan fingerprint density at radius 3 is 2.51 bits per heavy atom. The molecule has 5 N–H and O–H groups in total. The third kappa shape index (κ3) is 4.71. The Hall–Kier alpha value is -4.68. The van der Waals surface area contributed by atoms with Crippen LogP contribution in [0, 0.1) is 5.82 Å². The molecule has 0 unspecified atom stereocenters. The van der Waals surface area contributed by atoms with Crippen molar-refractivity contribution in [2.75, 3.05) is 18.9 Å². The zero-order chi connectivity index (χ0) is 28.1. The summed E-state index contributed by atoms with van der Waals surface area (Å²) in [6.45, 7) is 0.375. The van der Waals surface area contributed by atoms with Crippen LogP contribution in [0.15, 0.2) is 52.9 Å². The van der Waals surface area contributed by atoms with Crippen molar-refractivity contribution in [3.63, 3.8) is 0 Å². The minimum atomic E-state index is -4.85. The maximum Gasteiger partial charge on any atom is 0.398 e. The smallest absolute Gasteiger partial charge is 0.398 e. The van der Waals surface area contributed by atoms with Crippen LogP contribution in [-0.4, -0.2) is 41.1 Å². The van der Waals surface area contributed by atoms with E-state index in [-0.39, 0.29) is 46.3 Å². The first kappa shape index (κ1) is 25.9. The highest BCUT2D eigenvalue weighted by atomic mass is 19.4. The molecule has 9 nitrogen and oxygen atoms in total. The fourth-order valence-corrected chi connectivity index (χ4v) is 4.36. The van der Waals surface area contributed by atoms with E-state index in [0.29, 0.717) is 5.58 Å². The van der Waals surface area contributed by atoms with Gasteiger partial charge in [0.05, 0.1) is 5.69 Å². The average Bonchev–Trinajstić information content (AvgIpc) is 3.42. The van der Waals surface area contributed by atoms with Crippen molar-refractivity contribution in [3.8, 4) is 17.0 Å². The summed E-state index contributed by atoms with van der Waals surface area (Å²) in [5.41, 5.74) is 10.2. The van der Waals surface area contributed by atoms with Gasteiger partial charge in [-0.2, -0.15) is 18.2 Å². The summed E-state index contributed by atoms with van der Waals surface area (Å²) in [6, 6.07) is 10.0. The molecule has 0 spiro atoms. The van der Waals surface area contributed by atoms with E-state index in [9.17, 15) is 27.2 Å². The molecule has 0 fully saturated rings. The topological polar surface area (TPSA) is 146 Å². The number of carbonyl (C=O) groups excluding carboxylic acids is 2. The van der Waals surface area contributed by atoms with Crippen LogP contribution in [-0.2, 0) is 10.2 Å². The molecule has 4 aromatic rings. The third-order valence-electron chi connectivity index (χ3n) is 6.64. The predicted molar refractivity (Wildman–Crippen MR) is 131 cm³/mol. The number of benzene rings is 2. The van der Waals surface area contributed by atoms with Crippen LogP contribution in [0.3, 0.4) is 0 Å². The van der Waals surface area contributed by atoms with Crippen molar-refractivity contribution in [3.05, 3.63) is 71.2 Å². The molecule has 39 heavy (non-hydrogen) atoms. The van der Waals surface area contributed by atoms with Crippen LogP contribution < -0.4 is 21.5 Å². The number of nitrogens with zero attached hydrogens (tertiary/aromatic N) is 2. The van der Waals surface area contributed by atoms with Gasteiger partial charge in [0.25, 0.3) is 11.9 Å². The molecule has 0 aliphatic carbocycles. The number of nitrogens with two attached hydrogens (primary N) is 2. The average molecular weight is 543 g/mol. The zero-order valence-corrected chi connectivity index (χ0v) is 20.3. The largest absolute Gasteiger partial charge is 0.489 e. The van der Waals surface area contributed by atoms with Gasteiger partial charge < -0.3 is 25.9 Å². The summed E-state index contributed by atoms with van der Waals surface area (Å²) >= 11 is 0. The summed E-state index contributed by atoms with van der Waals surface area (Å²) in [4.78, 5) is 33.2. The monoisotopic (exact) mass is 543 g/mol. The Balaban J connectivity index is 1.53. The minimum absolute atomic E-state index is 0.0119. The molecule has 1 aliphatic rings. The molecule has 2 aromatic heterocycles. The van der Waals surface area contributed by atoms with Gasteiger partial charge >= 0.3 is 6.18 Å². The van der Waals surface area contributed by atoms with Gasteiger partial charge in [0, 0.05) is 23.2 Å². The highest BCUT2D eigenvalue weighted by Crippen LogP contribution is 2.46. The van der Waals surface area contributed by atoms with Gasteiger partial charge in [0.1, 0.15) is 40.7 Å². The number of rotatable bonds is 6. The molecule has 2 atom stereocenters. The van der Waals surface area contributed by atoms with Crippen molar-refractivity contribution in [1.82, 2.24) is 15.3 Å². The maximum atomic E-state index is 14.4. The van der Waals surface area contributed by atoms with Crippen LogP contribution in [0.4, 0.5) is 23.6 Å². The van der Waals surface area contributed by atoms with Crippen molar-refractivity contribution in [1.29, 1.82) is 0 Å². The molecule has 13 heteroatoms. The SMILES string of the molecule is C[C@]1(C(N)=O)COc2c1cc([C@@H](CNC(=O)c1ccc3oc(N)nc3c1)C(F)(F)F)nc2-c1ccc(F)cc1. The quantitative estimate of drug-likeness (QED) is 0.313. The highest BCUT2D eigenvalue weighted by molar-refractivity contribution is 5.97. The van der Waals surface area contributed by atoms with Crippen molar-refractivity contribution in [2.24, 2.45) is 5.73 Å². The van der Waals surface area contributed by atoms with Gasteiger partial charge in [0.2, 0.25) is 5.91 Å². The molecule has 0 saturated carbocycles. The Morgan fingerprint density at radius 2 is 1.85 bits per heavy atom. The lowest BCUT2D eigenvalue weighted by molar-refractivity contribution is -0.149. The van der Waals surface area contributed by atoms with E-state index in [2.05, 4.69) is 15.3 Å². The first-order valence-electron chi connectivity index (χ1n) is 11.6. The molecular formula is C26H21F4N5O4. The summed E-state index contributed by atoms with van der Waals surface area (Å²) in [5, 5.41) is 2.29. The number of hydrogen-bond acceptors (Lipinski definition) is 7. The zero-order valence-electron chi connectivity index (χ0n) is 20.3. The van der Waals surface area contributed by atoms with Gasteiger partial charge in [-0.25, -0.2) is 9.37 Å². The number of fused-ring (bicyclic) bond motifs is 2.